The van der Waals surface area contributed by atoms with Crippen molar-refractivity contribution in [2.24, 2.45) is 0 Å². The first-order chi connectivity index (χ1) is 14.5. The highest BCUT2D eigenvalue weighted by Gasteiger charge is 2.21. The van der Waals surface area contributed by atoms with Crippen LogP contribution in [-0.4, -0.2) is 55.1 Å². The van der Waals surface area contributed by atoms with Crippen molar-refractivity contribution in [3.63, 3.8) is 0 Å². The zero-order valence-corrected chi connectivity index (χ0v) is 17.6. The fourth-order valence-electron chi connectivity index (χ4n) is 3.61. The van der Waals surface area contributed by atoms with Crippen LogP contribution in [0, 0.1) is 11.6 Å². The number of carbonyl (C=O) groups excluding carboxylic acids is 1. The highest BCUT2D eigenvalue weighted by Crippen LogP contribution is 2.30. The summed E-state index contributed by atoms with van der Waals surface area (Å²) in [6.45, 7) is 6.54. The molecule has 0 bridgehead atoms. The van der Waals surface area contributed by atoms with E-state index in [0.717, 1.165) is 55.4 Å². The minimum absolute atomic E-state index is 0.341. The lowest BCUT2D eigenvalue weighted by Crippen LogP contribution is -2.48. The monoisotopic (exact) mass is 430 g/mol. The molecule has 0 unspecified atom stereocenters. The van der Waals surface area contributed by atoms with E-state index < -0.39 is 23.1 Å². The van der Waals surface area contributed by atoms with Crippen LogP contribution in [0.4, 0.5) is 13.9 Å². The SMILES string of the molecule is CCc1ccc2nc(N3CCN(CCNC(=O)c4c(F)cccc4F)CC3)sc2c1. The number of rotatable bonds is 6. The van der Waals surface area contributed by atoms with Crippen LogP contribution in [0.5, 0.6) is 0 Å². The normalized spacial score (nSPS) is 15.0. The van der Waals surface area contributed by atoms with Crippen LogP contribution in [0.25, 0.3) is 10.2 Å². The second kappa shape index (κ2) is 9.06. The predicted octanol–water partition coefficient (Wildman–Crippen LogP) is 3.69. The van der Waals surface area contributed by atoms with Gasteiger partial charge in [0.15, 0.2) is 5.13 Å². The number of benzene rings is 2. The van der Waals surface area contributed by atoms with Crippen LogP contribution in [-0.2, 0) is 6.42 Å². The molecule has 2 heterocycles. The number of thiazole rings is 1. The molecule has 1 amide bonds. The van der Waals surface area contributed by atoms with Crippen LogP contribution in [0.2, 0.25) is 0 Å². The van der Waals surface area contributed by atoms with Gasteiger partial charge in [-0.15, -0.1) is 0 Å². The molecule has 1 aliphatic rings. The summed E-state index contributed by atoms with van der Waals surface area (Å²) in [5.74, 6) is -2.41. The number of anilines is 1. The highest BCUT2D eigenvalue weighted by atomic mass is 32.1. The number of carbonyl (C=O) groups is 1. The van der Waals surface area contributed by atoms with Gasteiger partial charge in [0.1, 0.15) is 17.2 Å². The zero-order chi connectivity index (χ0) is 21.1. The Kier molecular flexibility index (Phi) is 6.24. The lowest BCUT2D eigenvalue weighted by molar-refractivity contribution is 0.0939. The minimum Gasteiger partial charge on any atom is -0.351 e. The first-order valence-corrected chi connectivity index (χ1v) is 11.0. The molecule has 1 aromatic heterocycles. The topological polar surface area (TPSA) is 48.5 Å². The van der Waals surface area contributed by atoms with Gasteiger partial charge in [-0.25, -0.2) is 13.8 Å². The molecule has 4 rings (SSSR count). The summed E-state index contributed by atoms with van der Waals surface area (Å²) in [6, 6.07) is 9.85. The number of hydrogen-bond acceptors (Lipinski definition) is 5. The summed E-state index contributed by atoms with van der Waals surface area (Å²) in [4.78, 5) is 21.4. The largest absolute Gasteiger partial charge is 0.351 e. The molecule has 30 heavy (non-hydrogen) atoms. The van der Waals surface area contributed by atoms with Gasteiger partial charge >= 0.3 is 0 Å². The molecule has 0 atom stereocenters. The second-order valence-corrected chi connectivity index (χ2v) is 8.34. The molecule has 8 heteroatoms. The van der Waals surface area contributed by atoms with Gasteiger partial charge in [-0.1, -0.05) is 30.4 Å². The van der Waals surface area contributed by atoms with Crippen molar-refractivity contribution in [2.45, 2.75) is 13.3 Å². The van der Waals surface area contributed by atoms with Crippen molar-refractivity contribution < 1.29 is 13.6 Å². The van der Waals surface area contributed by atoms with Crippen molar-refractivity contribution in [3.05, 3.63) is 59.2 Å². The van der Waals surface area contributed by atoms with E-state index in [1.807, 2.05) is 0 Å². The summed E-state index contributed by atoms with van der Waals surface area (Å²) < 4.78 is 28.6. The van der Waals surface area contributed by atoms with Gasteiger partial charge in [0.25, 0.3) is 5.91 Å². The van der Waals surface area contributed by atoms with Gasteiger partial charge in [0.2, 0.25) is 0 Å². The Hall–Kier alpha value is -2.58. The summed E-state index contributed by atoms with van der Waals surface area (Å²) in [7, 11) is 0. The van der Waals surface area contributed by atoms with E-state index in [4.69, 9.17) is 4.98 Å². The van der Waals surface area contributed by atoms with Gasteiger partial charge in [0, 0.05) is 39.3 Å². The Morgan fingerprint density at radius 3 is 2.57 bits per heavy atom. The van der Waals surface area contributed by atoms with E-state index in [2.05, 4.69) is 40.2 Å². The first kappa shape index (κ1) is 20.7. The number of nitrogens with zero attached hydrogens (tertiary/aromatic N) is 3. The van der Waals surface area contributed by atoms with Gasteiger partial charge in [-0.2, -0.15) is 0 Å². The molecule has 1 fully saturated rings. The highest BCUT2D eigenvalue weighted by molar-refractivity contribution is 7.22. The van der Waals surface area contributed by atoms with E-state index >= 15 is 0 Å². The predicted molar refractivity (Wildman–Crippen MR) is 116 cm³/mol. The van der Waals surface area contributed by atoms with E-state index in [0.29, 0.717) is 13.1 Å². The molecule has 158 valence electrons. The minimum atomic E-state index is -0.844. The molecule has 0 aliphatic carbocycles. The zero-order valence-electron chi connectivity index (χ0n) is 16.8. The Labute approximate surface area is 178 Å². The molecule has 1 saturated heterocycles. The number of halogens is 2. The van der Waals surface area contributed by atoms with E-state index in [9.17, 15) is 13.6 Å². The smallest absolute Gasteiger partial charge is 0.257 e. The fourth-order valence-corrected chi connectivity index (χ4v) is 4.69. The third-order valence-electron chi connectivity index (χ3n) is 5.40. The number of aromatic nitrogens is 1. The third-order valence-corrected chi connectivity index (χ3v) is 6.47. The molecular weight excluding hydrogens is 406 g/mol. The molecule has 3 aromatic rings. The van der Waals surface area contributed by atoms with Crippen molar-refractivity contribution in [1.29, 1.82) is 0 Å². The number of piperazine rings is 1. The number of nitrogens with one attached hydrogen (secondary N) is 1. The maximum Gasteiger partial charge on any atom is 0.257 e. The summed E-state index contributed by atoms with van der Waals surface area (Å²) in [5, 5.41) is 3.66. The Morgan fingerprint density at radius 1 is 1.13 bits per heavy atom. The average molecular weight is 431 g/mol. The van der Waals surface area contributed by atoms with Crippen LogP contribution in [0.1, 0.15) is 22.8 Å². The standard InChI is InChI=1S/C22H24F2N4OS/c1-2-15-6-7-18-19(14-15)30-22(26-18)28-12-10-27(11-13-28)9-8-25-21(29)20-16(23)4-3-5-17(20)24/h3-7,14H,2,8-13H2,1H3,(H,25,29). The van der Waals surface area contributed by atoms with E-state index in [-0.39, 0.29) is 0 Å². The third kappa shape index (κ3) is 4.44. The van der Waals surface area contributed by atoms with Crippen molar-refractivity contribution in [2.75, 3.05) is 44.2 Å². The summed E-state index contributed by atoms with van der Waals surface area (Å²) in [6.07, 6.45) is 1.02. The average Bonchev–Trinajstić information content (AvgIpc) is 3.17. The molecular formula is C22H24F2N4OS. The van der Waals surface area contributed by atoms with Crippen LogP contribution < -0.4 is 10.2 Å². The molecule has 0 radical (unpaired) electrons. The fraction of sp³-hybridized carbons (Fsp3) is 0.364. The molecule has 1 aliphatic heterocycles. The van der Waals surface area contributed by atoms with E-state index in [1.54, 1.807) is 11.3 Å². The number of fused-ring (bicyclic) bond motifs is 1. The maximum atomic E-state index is 13.7. The van der Waals surface area contributed by atoms with Gasteiger partial charge in [-0.05, 0) is 36.2 Å². The summed E-state index contributed by atoms with van der Waals surface area (Å²) in [5.41, 5.74) is 1.84. The summed E-state index contributed by atoms with van der Waals surface area (Å²) >= 11 is 1.72. The quantitative estimate of drug-likeness (QED) is 0.648. The van der Waals surface area contributed by atoms with Crippen LogP contribution >= 0.6 is 11.3 Å². The second-order valence-electron chi connectivity index (χ2n) is 7.33. The van der Waals surface area contributed by atoms with Crippen molar-refractivity contribution in [1.82, 2.24) is 15.2 Å². The molecule has 2 aromatic carbocycles. The first-order valence-electron chi connectivity index (χ1n) is 10.1. The van der Waals surface area contributed by atoms with E-state index in [1.165, 1.54) is 16.3 Å². The number of amides is 1. The number of aryl methyl sites for hydroxylation is 1. The number of hydrogen-bond donors (Lipinski definition) is 1. The van der Waals surface area contributed by atoms with Crippen LogP contribution in [0.3, 0.4) is 0 Å². The lowest BCUT2D eigenvalue weighted by Gasteiger charge is -2.34. The van der Waals surface area contributed by atoms with Gasteiger partial charge in [-0.3, -0.25) is 9.69 Å². The van der Waals surface area contributed by atoms with Gasteiger partial charge < -0.3 is 10.2 Å². The molecule has 5 nitrogen and oxygen atoms in total. The maximum absolute atomic E-state index is 13.7. The molecule has 1 N–H and O–H groups in total. The van der Waals surface area contributed by atoms with Crippen molar-refractivity contribution >= 4 is 32.6 Å². The molecule has 0 spiro atoms. The Morgan fingerprint density at radius 2 is 1.87 bits per heavy atom. The Balaban J connectivity index is 1.27. The molecule has 0 saturated carbocycles. The van der Waals surface area contributed by atoms with Crippen molar-refractivity contribution in [3.8, 4) is 0 Å². The lowest BCUT2D eigenvalue weighted by atomic mass is 10.2. The Bertz CT molecular complexity index is 1030. The van der Waals surface area contributed by atoms with Gasteiger partial charge in [0.05, 0.1) is 10.2 Å². The van der Waals surface area contributed by atoms with Crippen LogP contribution in [0.15, 0.2) is 36.4 Å².